The predicted molar refractivity (Wildman–Crippen MR) is 340 cm³/mol. The molecule has 0 saturated heterocycles. The van der Waals surface area contributed by atoms with Crippen LogP contribution in [0.5, 0.6) is 0 Å². The molecule has 0 rings (SSSR count). The van der Waals surface area contributed by atoms with Crippen molar-refractivity contribution in [3.8, 4) is 0 Å². The number of carbonyl (C=O) groups excluding carboxylic acids is 4. The normalized spacial score (nSPS) is 14.2. The van der Waals surface area contributed by atoms with E-state index in [1.54, 1.807) is 0 Å². The molecule has 17 nitrogen and oxygen atoms in total. The van der Waals surface area contributed by atoms with E-state index in [2.05, 4.69) is 34.6 Å². The summed E-state index contributed by atoms with van der Waals surface area (Å²) in [4.78, 5) is 72.1. The lowest BCUT2D eigenvalue weighted by molar-refractivity contribution is -0.161. The lowest BCUT2D eigenvalue weighted by atomic mass is 10.0. The molecule has 0 heterocycles. The van der Waals surface area contributed by atoms with Crippen LogP contribution < -0.4 is 0 Å². The van der Waals surface area contributed by atoms with Gasteiger partial charge in [-0.25, -0.2) is 9.13 Å². The molecule has 0 amide bonds. The first-order valence-electron chi connectivity index (χ1n) is 34.6. The minimum atomic E-state index is -4.94. The summed E-state index contributed by atoms with van der Waals surface area (Å²) in [6.45, 7) is 7.18. The second-order valence-corrected chi connectivity index (χ2v) is 27.2. The number of aliphatic hydroxyl groups excluding tert-OH is 1. The molecule has 5 atom stereocenters. The largest absolute Gasteiger partial charge is 0.472 e. The summed E-state index contributed by atoms with van der Waals surface area (Å²) in [5, 5.41) is 10.5. The van der Waals surface area contributed by atoms with Gasteiger partial charge in [0.1, 0.15) is 19.3 Å². The SMILES string of the molecule is CCCCCCCCCCCCC(=O)OC[C@H](COP(=O)(O)OC[C@@H](O)COP(=O)(O)OC[C@@H](COC(=O)CCCCCCCCC)OC(=O)CCCCCCCCCCCC)OC(=O)CCCCCCCCCCCCCCCCCC(C)C. The number of unbranched alkanes of at least 4 members (excludes halogenated alkanes) is 38. The van der Waals surface area contributed by atoms with Gasteiger partial charge in [0.2, 0.25) is 0 Å². The van der Waals surface area contributed by atoms with Gasteiger partial charge in [-0.3, -0.25) is 37.3 Å². The molecule has 3 N–H and O–H groups in total. The summed E-state index contributed by atoms with van der Waals surface area (Å²) in [5.41, 5.74) is 0. The molecule has 0 saturated carbocycles. The summed E-state index contributed by atoms with van der Waals surface area (Å²) >= 11 is 0. The molecule has 0 bridgehead atoms. The summed E-state index contributed by atoms with van der Waals surface area (Å²) in [5.74, 6) is -1.33. The standard InChI is InChI=1S/C66H128O17P2/c1-6-9-12-15-18-20-30-35-40-45-50-64(69)77-56-62(83-66(71)52-47-42-37-32-28-26-24-22-23-25-27-29-34-38-43-48-59(4)5)58-81-85(74,75)79-54-60(67)53-78-84(72,73)80-57-61(55-76-63(68)49-44-39-33-17-14-11-8-3)82-65(70)51-46-41-36-31-21-19-16-13-10-7-2/h59-62,67H,6-58H2,1-5H3,(H,72,73)(H,74,75)/t60-,61+,62+/m0/s1. The first-order valence-corrected chi connectivity index (χ1v) is 37.6. The molecule has 0 aliphatic heterocycles. The van der Waals surface area contributed by atoms with Crippen LogP contribution in [0.15, 0.2) is 0 Å². The maximum Gasteiger partial charge on any atom is 0.472 e. The Labute approximate surface area is 517 Å². The number of hydrogen-bond donors (Lipinski definition) is 3. The fourth-order valence-electron chi connectivity index (χ4n) is 9.94. The second kappa shape index (κ2) is 59.7. The van der Waals surface area contributed by atoms with Gasteiger partial charge in [0.25, 0.3) is 0 Å². The fourth-order valence-corrected chi connectivity index (χ4v) is 11.5. The maximum atomic E-state index is 13.0. The van der Waals surface area contributed by atoms with Crippen molar-refractivity contribution in [3.05, 3.63) is 0 Å². The van der Waals surface area contributed by atoms with E-state index >= 15 is 0 Å². The van der Waals surface area contributed by atoms with Crippen LogP contribution in [0.3, 0.4) is 0 Å². The van der Waals surface area contributed by atoms with Gasteiger partial charge < -0.3 is 33.8 Å². The highest BCUT2D eigenvalue weighted by Gasteiger charge is 2.30. The lowest BCUT2D eigenvalue weighted by Gasteiger charge is -2.21. The third kappa shape index (κ3) is 60.7. The molecule has 0 aromatic rings. The number of esters is 4. The molecule has 0 aromatic carbocycles. The third-order valence-electron chi connectivity index (χ3n) is 15.3. The van der Waals surface area contributed by atoms with Gasteiger partial charge in [-0.1, -0.05) is 285 Å². The van der Waals surface area contributed by atoms with Gasteiger partial charge in [-0.05, 0) is 31.6 Å². The molecule has 0 aromatic heterocycles. The molecule has 0 fully saturated rings. The van der Waals surface area contributed by atoms with E-state index in [0.29, 0.717) is 25.7 Å². The predicted octanol–water partition coefficient (Wildman–Crippen LogP) is 18.6. The molecule has 2 unspecified atom stereocenters. The zero-order valence-electron chi connectivity index (χ0n) is 54.7. The van der Waals surface area contributed by atoms with Gasteiger partial charge in [0.15, 0.2) is 12.2 Å². The fraction of sp³-hybridized carbons (Fsp3) is 0.939. The van der Waals surface area contributed by atoms with E-state index in [4.69, 9.17) is 37.0 Å². The quantitative estimate of drug-likeness (QED) is 0.0222. The average molecular weight is 1260 g/mol. The molecule has 0 aliphatic rings. The van der Waals surface area contributed by atoms with Crippen molar-refractivity contribution in [3.63, 3.8) is 0 Å². The molecular formula is C66H128O17P2. The maximum absolute atomic E-state index is 13.0. The van der Waals surface area contributed by atoms with Gasteiger partial charge >= 0.3 is 39.5 Å². The summed E-state index contributed by atoms with van der Waals surface area (Å²) in [6.07, 6.45) is 44.5. The number of aliphatic hydroxyl groups is 1. The minimum absolute atomic E-state index is 0.106. The Hall–Kier alpha value is -1.94. The molecule has 504 valence electrons. The van der Waals surface area contributed by atoms with Crippen LogP contribution in [-0.2, 0) is 65.4 Å². The Morgan fingerprint density at radius 2 is 0.541 bits per heavy atom. The van der Waals surface area contributed by atoms with Crippen LogP contribution in [-0.4, -0.2) is 96.7 Å². The number of phosphoric acid groups is 2. The monoisotopic (exact) mass is 1250 g/mol. The van der Waals surface area contributed by atoms with Gasteiger partial charge in [0, 0.05) is 25.7 Å². The lowest BCUT2D eigenvalue weighted by Crippen LogP contribution is -2.30. The molecule has 85 heavy (non-hydrogen) atoms. The highest BCUT2D eigenvalue weighted by molar-refractivity contribution is 7.47. The van der Waals surface area contributed by atoms with Crippen molar-refractivity contribution in [2.75, 3.05) is 39.6 Å². The topological polar surface area (TPSA) is 237 Å². The highest BCUT2D eigenvalue weighted by Crippen LogP contribution is 2.45. The molecule has 0 aliphatic carbocycles. The second-order valence-electron chi connectivity index (χ2n) is 24.3. The van der Waals surface area contributed by atoms with Crippen LogP contribution in [0, 0.1) is 5.92 Å². The van der Waals surface area contributed by atoms with Crippen molar-refractivity contribution in [1.82, 2.24) is 0 Å². The number of rotatable bonds is 66. The molecule has 19 heteroatoms. The van der Waals surface area contributed by atoms with Crippen LogP contribution in [0.2, 0.25) is 0 Å². The van der Waals surface area contributed by atoms with Crippen LogP contribution in [0.1, 0.15) is 336 Å². The highest BCUT2D eigenvalue weighted by atomic mass is 31.2. The number of hydrogen-bond acceptors (Lipinski definition) is 15. The van der Waals surface area contributed by atoms with Crippen molar-refractivity contribution >= 4 is 39.5 Å². The molecule has 0 radical (unpaired) electrons. The minimum Gasteiger partial charge on any atom is -0.462 e. The molecular weight excluding hydrogens is 1130 g/mol. The van der Waals surface area contributed by atoms with Crippen LogP contribution in [0.25, 0.3) is 0 Å². The van der Waals surface area contributed by atoms with Gasteiger partial charge in [-0.2, -0.15) is 0 Å². The number of carbonyl (C=O) groups is 4. The van der Waals surface area contributed by atoms with E-state index in [0.717, 1.165) is 109 Å². The van der Waals surface area contributed by atoms with E-state index in [1.165, 1.54) is 148 Å². The molecule has 0 spiro atoms. The summed E-state index contributed by atoms with van der Waals surface area (Å²) < 4.78 is 68.0. The van der Waals surface area contributed by atoms with Crippen molar-refractivity contribution in [2.45, 2.75) is 355 Å². The van der Waals surface area contributed by atoms with Gasteiger partial charge in [0.05, 0.1) is 26.4 Å². The van der Waals surface area contributed by atoms with Gasteiger partial charge in [-0.15, -0.1) is 0 Å². The van der Waals surface area contributed by atoms with Crippen LogP contribution in [0.4, 0.5) is 0 Å². The Balaban J connectivity index is 5.16. The number of ether oxygens (including phenoxy) is 4. The zero-order chi connectivity index (χ0) is 62.8. The number of phosphoric ester groups is 2. The summed E-state index contributed by atoms with van der Waals surface area (Å²) in [6, 6.07) is 0. The van der Waals surface area contributed by atoms with E-state index in [-0.39, 0.29) is 25.7 Å². The zero-order valence-corrected chi connectivity index (χ0v) is 56.5. The van der Waals surface area contributed by atoms with E-state index in [1.807, 2.05) is 0 Å². The Morgan fingerprint density at radius 3 is 0.800 bits per heavy atom. The first kappa shape index (κ1) is 83.1. The Kier molecular flexibility index (Phi) is 58.3. The Morgan fingerprint density at radius 1 is 0.318 bits per heavy atom. The Bertz CT molecular complexity index is 1650. The third-order valence-corrected chi connectivity index (χ3v) is 17.2. The smallest absolute Gasteiger partial charge is 0.462 e. The van der Waals surface area contributed by atoms with E-state index < -0.39 is 97.5 Å². The van der Waals surface area contributed by atoms with Crippen LogP contribution >= 0.6 is 15.6 Å². The van der Waals surface area contributed by atoms with E-state index in [9.17, 15) is 43.2 Å². The van der Waals surface area contributed by atoms with Crippen molar-refractivity contribution in [2.24, 2.45) is 5.92 Å². The summed E-state index contributed by atoms with van der Waals surface area (Å²) in [7, 11) is -9.88. The van der Waals surface area contributed by atoms with Crippen molar-refractivity contribution < 1.29 is 80.2 Å². The first-order chi connectivity index (χ1) is 41.0. The van der Waals surface area contributed by atoms with Crippen molar-refractivity contribution in [1.29, 1.82) is 0 Å². The average Bonchev–Trinajstić information content (AvgIpc) is 3.60.